The van der Waals surface area contributed by atoms with Gasteiger partial charge < -0.3 is 9.88 Å². The zero-order chi connectivity index (χ0) is 20.2. The topological polar surface area (TPSA) is 36.1 Å². The van der Waals surface area contributed by atoms with Crippen molar-refractivity contribution in [3.05, 3.63) is 71.1 Å². The molecule has 1 N–H and O–H groups in total. The van der Waals surface area contributed by atoms with E-state index < -0.39 is 0 Å². The van der Waals surface area contributed by atoms with E-state index in [9.17, 15) is 9.18 Å². The van der Waals surface area contributed by atoms with Gasteiger partial charge in [-0.3, -0.25) is 4.79 Å². The SMILES string of the molecule is CC1=C(C)[C@H](c2c(-c3ccc(F)cc3)[nH]c3ccccc23)N(C(C)(C)C)C1=O. The largest absolute Gasteiger partial charge is 0.354 e. The Morgan fingerprint density at radius 2 is 1.64 bits per heavy atom. The number of carbonyl (C=O) groups excluding carboxylic acids is 1. The van der Waals surface area contributed by atoms with Gasteiger partial charge in [0.1, 0.15) is 5.82 Å². The highest BCUT2D eigenvalue weighted by Gasteiger charge is 2.43. The lowest BCUT2D eigenvalue weighted by molar-refractivity contribution is -0.131. The van der Waals surface area contributed by atoms with Crippen molar-refractivity contribution in [3.63, 3.8) is 0 Å². The minimum atomic E-state index is -0.334. The van der Waals surface area contributed by atoms with Crippen LogP contribution in [0, 0.1) is 5.82 Å². The van der Waals surface area contributed by atoms with Gasteiger partial charge in [0.25, 0.3) is 5.91 Å². The number of H-pyrrole nitrogens is 1. The lowest BCUT2D eigenvalue weighted by Crippen LogP contribution is -2.45. The number of aromatic amines is 1. The molecule has 4 heteroatoms. The van der Waals surface area contributed by atoms with Crippen molar-refractivity contribution in [1.82, 2.24) is 9.88 Å². The minimum absolute atomic E-state index is 0.0744. The molecule has 3 nitrogen and oxygen atoms in total. The Bertz CT molecular complexity index is 1100. The highest BCUT2D eigenvalue weighted by Crippen LogP contribution is 2.47. The molecule has 0 aliphatic carbocycles. The first kappa shape index (κ1) is 18.5. The van der Waals surface area contributed by atoms with Gasteiger partial charge in [-0.25, -0.2) is 4.39 Å². The lowest BCUT2D eigenvalue weighted by atomic mass is 9.91. The van der Waals surface area contributed by atoms with Crippen LogP contribution in [0.2, 0.25) is 0 Å². The Labute approximate surface area is 164 Å². The number of hydrogen-bond acceptors (Lipinski definition) is 1. The number of para-hydroxylation sites is 1. The molecule has 0 radical (unpaired) electrons. The van der Waals surface area contributed by atoms with E-state index in [4.69, 9.17) is 0 Å². The van der Waals surface area contributed by atoms with E-state index in [1.165, 1.54) is 12.1 Å². The summed E-state index contributed by atoms with van der Waals surface area (Å²) < 4.78 is 13.5. The molecule has 4 rings (SSSR count). The predicted octanol–water partition coefficient (Wildman–Crippen LogP) is 5.99. The molecule has 3 aromatic rings. The van der Waals surface area contributed by atoms with Crippen LogP contribution in [0.1, 0.15) is 46.2 Å². The third-order valence-corrected chi connectivity index (χ3v) is 5.67. The molecule has 1 aromatic heterocycles. The van der Waals surface area contributed by atoms with Gasteiger partial charge in [0, 0.05) is 27.6 Å². The van der Waals surface area contributed by atoms with E-state index in [0.717, 1.165) is 38.9 Å². The number of nitrogens with zero attached hydrogens (tertiary/aromatic N) is 1. The summed E-state index contributed by atoms with van der Waals surface area (Å²) in [6.07, 6.45) is 0. The van der Waals surface area contributed by atoms with Gasteiger partial charge in [0.2, 0.25) is 0 Å². The van der Waals surface area contributed by atoms with Gasteiger partial charge in [-0.05, 0) is 76.1 Å². The van der Waals surface area contributed by atoms with Gasteiger partial charge >= 0.3 is 0 Å². The van der Waals surface area contributed by atoms with E-state index in [1.54, 1.807) is 12.1 Å². The van der Waals surface area contributed by atoms with Crippen LogP contribution in [-0.4, -0.2) is 21.3 Å². The molecule has 1 aliphatic rings. The van der Waals surface area contributed by atoms with E-state index >= 15 is 0 Å². The fourth-order valence-corrected chi connectivity index (χ4v) is 4.19. The summed E-state index contributed by atoms with van der Waals surface area (Å²) in [5.74, 6) is -0.189. The van der Waals surface area contributed by atoms with Crippen molar-refractivity contribution >= 4 is 16.8 Å². The normalized spacial score (nSPS) is 17.9. The fraction of sp³-hybridized carbons (Fsp3) is 0.292. The maximum atomic E-state index is 13.5. The number of carbonyl (C=O) groups is 1. The van der Waals surface area contributed by atoms with Crippen LogP contribution < -0.4 is 0 Å². The van der Waals surface area contributed by atoms with Crippen molar-refractivity contribution in [1.29, 1.82) is 0 Å². The minimum Gasteiger partial charge on any atom is -0.354 e. The molecule has 1 atom stereocenters. The van der Waals surface area contributed by atoms with Crippen LogP contribution in [0.15, 0.2) is 59.7 Å². The van der Waals surface area contributed by atoms with E-state index in [2.05, 4.69) is 31.8 Å². The van der Waals surface area contributed by atoms with Crippen molar-refractivity contribution < 1.29 is 9.18 Å². The molecule has 0 unspecified atom stereocenters. The van der Waals surface area contributed by atoms with E-state index in [-0.39, 0.29) is 23.3 Å². The number of hydrogen-bond donors (Lipinski definition) is 1. The number of benzene rings is 2. The summed E-state index contributed by atoms with van der Waals surface area (Å²) in [6, 6.07) is 14.5. The van der Waals surface area contributed by atoms with Gasteiger partial charge in [0.05, 0.1) is 11.7 Å². The van der Waals surface area contributed by atoms with Gasteiger partial charge in [0.15, 0.2) is 0 Å². The first-order valence-corrected chi connectivity index (χ1v) is 9.57. The van der Waals surface area contributed by atoms with Gasteiger partial charge in [-0.2, -0.15) is 0 Å². The number of fused-ring (bicyclic) bond motifs is 1. The second kappa shape index (κ2) is 6.33. The van der Waals surface area contributed by atoms with E-state index in [1.807, 2.05) is 36.9 Å². The van der Waals surface area contributed by atoms with Crippen LogP contribution in [-0.2, 0) is 4.79 Å². The van der Waals surface area contributed by atoms with Crippen LogP contribution in [0.3, 0.4) is 0 Å². The highest BCUT2D eigenvalue weighted by molar-refractivity contribution is 6.00. The summed E-state index contributed by atoms with van der Waals surface area (Å²) in [5.41, 5.74) is 5.45. The quantitative estimate of drug-likeness (QED) is 0.586. The van der Waals surface area contributed by atoms with Crippen molar-refractivity contribution in [2.75, 3.05) is 0 Å². The summed E-state index contributed by atoms with van der Waals surface area (Å²) in [4.78, 5) is 18.6. The lowest BCUT2D eigenvalue weighted by Gasteiger charge is -2.38. The second-order valence-corrected chi connectivity index (χ2v) is 8.52. The maximum absolute atomic E-state index is 13.5. The summed E-state index contributed by atoms with van der Waals surface area (Å²) in [6.45, 7) is 10.1. The smallest absolute Gasteiger partial charge is 0.250 e. The van der Waals surface area contributed by atoms with Crippen LogP contribution in [0.4, 0.5) is 4.39 Å². The molecule has 0 bridgehead atoms. The highest BCUT2D eigenvalue weighted by atomic mass is 19.1. The standard InChI is InChI=1S/C24H25FN2O/c1-14-15(2)23(28)27(24(3,4)5)22(14)20-18-8-6-7-9-19(18)26-21(20)16-10-12-17(25)13-11-16/h6-13,22,26H,1-5H3/t22-/m1/s1. The Morgan fingerprint density at radius 3 is 2.29 bits per heavy atom. The van der Waals surface area contributed by atoms with Crippen LogP contribution in [0.5, 0.6) is 0 Å². The van der Waals surface area contributed by atoms with Crippen molar-refractivity contribution in [2.45, 2.75) is 46.2 Å². The second-order valence-electron chi connectivity index (χ2n) is 8.52. The van der Waals surface area contributed by atoms with E-state index in [0.29, 0.717) is 0 Å². The third-order valence-electron chi connectivity index (χ3n) is 5.67. The molecule has 28 heavy (non-hydrogen) atoms. The van der Waals surface area contributed by atoms with Crippen molar-refractivity contribution in [2.24, 2.45) is 0 Å². The number of halogens is 1. The monoisotopic (exact) mass is 376 g/mol. The molecule has 0 saturated carbocycles. The van der Waals surface area contributed by atoms with Crippen LogP contribution in [0.25, 0.3) is 22.2 Å². The molecule has 1 amide bonds. The summed E-state index contributed by atoms with van der Waals surface area (Å²) in [5, 5.41) is 1.09. The Balaban J connectivity index is 2.03. The molecular weight excluding hydrogens is 351 g/mol. The zero-order valence-corrected chi connectivity index (χ0v) is 16.9. The van der Waals surface area contributed by atoms with Crippen LogP contribution >= 0.6 is 0 Å². The zero-order valence-electron chi connectivity index (χ0n) is 16.9. The molecule has 0 fully saturated rings. The van der Waals surface area contributed by atoms with Crippen molar-refractivity contribution in [3.8, 4) is 11.3 Å². The summed E-state index contributed by atoms with van der Waals surface area (Å²) >= 11 is 0. The molecule has 2 heterocycles. The molecule has 144 valence electrons. The first-order valence-electron chi connectivity index (χ1n) is 9.57. The molecule has 1 aliphatic heterocycles. The molecule has 2 aromatic carbocycles. The number of nitrogens with one attached hydrogen (secondary N) is 1. The predicted molar refractivity (Wildman–Crippen MR) is 111 cm³/mol. The fourth-order valence-electron chi connectivity index (χ4n) is 4.19. The molecule has 0 spiro atoms. The van der Waals surface area contributed by atoms with Gasteiger partial charge in [-0.1, -0.05) is 18.2 Å². The Morgan fingerprint density at radius 1 is 1.00 bits per heavy atom. The first-order chi connectivity index (χ1) is 13.2. The third kappa shape index (κ3) is 2.75. The molecule has 0 saturated heterocycles. The number of aromatic nitrogens is 1. The number of rotatable bonds is 2. The Hall–Kier alpha value is -2.88. The summed E-state index contributed by atoms with van der Waals surface area (Å²) in [7, 11) is 0. The van der Waals surface area contributed by atoms with Gasteiger partial charge in [-0.15, -0.1) is 0 Å². The maximum Gasteiger partial charge on any atom is 0.250 e. The average molecular weight is 376 g/mol. The molecular formula is C24H25FN2O. The average Bonchev–Trinajstić information content (AvgIpc) is 3.12. The number of amides is 1. The Kier molecular flexibility index (Phi) is 4.18.